The SMILES string of the molecule is O=[N+]([O-])c1ccc(NS(=O)(=O)c2ccc([N+](=O)[O-])cc2[N+](=O)[O-])c([N+](=O)[O-])c1. The van der Waals surface area contributed by atoms with Crippen molar-refractivity contribution in [3.05, 3.63) is 76.9 Å². The van der Waals surface area contributed by atoms with Crippen LogP contribution in [0.4, 0.5) is 28.4 Å². The summed E-state index contributed by atoms with van der Waals surface area (Å²) in [6.07, 6.45) is 0. The molecule has 0 bridgehead atoms. The molecule has 146 valence electrons. The van der Waals surface area contributed by atoms with E-state index in [9.17, 15) is 48.9 Å². The molecule has 0 saturated heterocycles. The second kappa shape index (κ2) is 7.19. The van der Waals surface area contributed by atoms with Gasteiger partial charge in [0, 0.05) is 12.1 Å². The van der Waals surface area contributed by atoms with E-state index in [0.29, 0.717) is 24.3 Å². The number of hydrogen-bond acceptors (Lipinski definition) is 10. The minimum absolute atomic E-state index is 0.415. The van der Waals surface area contributed by atoms with E-state index in [-0.39, 0.29) is 0 Å². The van der Waals surface area contributed by atoms with Gasteiger partial charge in [0.25, 0.3) is 32.8 Å². The molecule has 16 heteroatoms. The van der Waals surface area contributed by atoms with E-state index >= 15 is 0 Å². The lowest BCUT2D eigenvalue weighted by atomic mass is 10.2. The Bertz CT molecular complexity index is 1130. The topological polar surface area (TPSA) is 219 Å². The predicted octanol–water partition coefficient (Wildman–Crippen LogP) is 2.12. The van der Waals surface area contributed by atoms with Crippen molar-refractivity contribution >= 4 is 38.5 Å². The summed E-state index contributed by atoms with van der Waals surface area (Å²) in [5.74, 6) is 0. The summed E-state index contributed by atoms with van der Waals surface area (Å²) in [5.41, 5.74) is -4.22. The largest absolute Gasteiger partial charge is 0.300 e. The summed E-state index contributed by atoms with van der Waals surface area (Å²) in [6, 6.07) is 3.74. The zero-order valence-electron chi connectivity index (χ0n) is 13.2. The van der Waals surface area contributed by atoms with Crippen molar-refractivity contribution in [3.63, 3.8) is 0 Å². The molecule has 0 atom stereocenters. The number of hydrogen-bond donors (Lipinski definition) is 1. The number of benzene rings is 2. The van der Waals surface area contributed by atoms with Gasteiger partial charge in [-0.15, -0.1) is 0 Å². The molecule has 0 amide bonds. The number of non-ortho nitro benzene ring substituents is 2. The number of anilines is 1. The summed E-state index contributed by atoms with van der Waals surface area (Å²) < 4.78 is 26.6. The molecule has 0 heterocycles. The van der Waals surface area contributed by atoms with Crippen molar-refractivity contribution in [3.8, 4) is 0 Å². The van der Waals surface area contributed by atoms with E-state index in [1.807, 2.05) is 0 Å². The molecule has 0 aliphatic carbocycles. The second-order valence-electron chi connectivity index (χ2n) is 4.99. The Hall–Kier alpha value is -4.21. The van der Waals surface area contributed by atoms with Crippen LogP contribution in [0.1, 0.15) is 0 Å². The molecule has 0 unspecified atom stereocenters. The van der Waals surface area contributed by atoms with Crippen molar-refractivity contribution < 1.29 is 28.1 Å². The van der Waals surface area contributed by atoms with Gasteiger partial charge in [-0.25, -0.2) is 8.42 Å². The second-order valence-corrected chi connectivity index (χ2v) is 6.64. The van der Waals surface area contributed by atoms with Crippen molar-refractivity contribution in [1.82, 2.24) is 0 Å². The third-order valence-corrected chi connectivity index (χ3v) is 4.69. The van der Waals surface area contributed by atoms with Gasteiger partial charge in [0.1, 0.15) is 5.69 Å². The molecule has 0 spiro atoms. The fourth-order valence-corrected chi connectivity index (χ4v) is 3.29. The molecule has 0 saturated carbocycles. The third kappa shape index (κ3) is 3.96. The molecule has 0 aromatic heterocycles. The highest BCUT2D eigenvalue weighted by Gasteiger charge is 2.31. The average molecular weight is 413 g/mol. The Labute approximate surface area is 153 Å². The van der Waals surface area contributed by atoms with Crippen molar-refractivity contribution in [2.24, 2.45) is 0 Å². The summed E-state index contributed by atoms with van der Waals surface area (Å²) >= 11 is 0. The zero-order chi connectivity index (χ0) is 21.2. The van der Waals surface area contributed by atoms with E-state index in [0.717, 1.165) is 12.1 Å². The van der Waals surface area contributed by atoms with E-state index in [1.54, 1.807) is 4.72 Å². The Morgan fingerprint density at radius 2 is 1.14 bits per heavy atom. The Kier molecular flexibility index (Phi) is 5.16. The highest BCUT2D eigenvalue weighted by molar-refractivity contribution is 7.92. The molecule has 1 N–H and O–H groups in total. The quantitative estimate of drug-likeness (QED) is 0.514. The summed E-state index contributed by atoms with van der Waals surface area (Å²) in [5, 5.41) is 43.6. The number of rotatable bonds is 7. The highest BCUT2D eigenvalue weighted by atomic mass is 32.2. The van der Waals surface area contributed by atoms with Crippen LogP contribution in [0.5, 0.6) is 0 Å². The van der Waals surface area contributed by atoms with Crippen LogP contribution in [0.2, 0.25) is 0 Å². The van der Waals surface area contributed by atoms with Crippen LogP contribution in [0.15, 0.2) is 41.3 Å². The Balaban J connectivity index is 2.58. The molecular weight excluding hydrogens is 406 g/mol. The van der Waals surface area contributed by atoms with E-state index in [2.05, 4.69) is 0 Å². The van der Waals surface area contributed by atoms with Gasteiger partial charge in [0.2, 0.25) is 0 Å². The van der Waals surface area contributed by atoms with E-state index in [4.69, 9.17) is 0 Å². The zero-order valence-corrected chi connectivity index (χ0v) is 14.1. The Morgan fingerprint density at radius 3 is 1.61 bits per heavy atom. The van der Waals surface area contributed by atoms with Crippen LogP contribution >= 0.6 is 0 Å². The maximum atomic E-state index is 12.5. The molecule has 15 nitrogen and oxygen atoms in total. The van der Waals surface area contributed by atoms with Gasteiger partial charge in [-0.2, -0.15) is 0 Å². The maximum Gasteiger partial charge on any atom is 0.300 e. The van der Waals surface area contributed by atoms with E-state index in [1.165, 1.54) is 0 Å². The maximum absolute atomic E-state index is 12.5. The fraction of sp³-hybridized carbons (Fsp3) is 0. The number of nitrogens with one attached hydrogen (secondary N) is 1. The van der Waals surface area contributed by atoms with Crippen LogP contribution < -0.4 is 4.72 Å². The van der Waals surface area contributed by atoms with Crippen molar-refractivity contribution in [2.45, 2.75) is 4.90 Å². The first-order chi connectivity index (χ1) is 12.9. The van der Waals surface area contributed by atoms with Crippen LogP contribution in [-0.2, 0) is 10.0 Å². The number of nitro benzene ring substituents is 4. The lowest BCUT2D eigenvalue weighted by molar-refractivity contribution is -0.396. The third-order valence-electron chi connectivity index (χ3n) is 3.27. The number of nitro groups is 4. The minimum Gasteiger partial charge on any atom is -0.273 e. The lowest BCUT2D eigenvalue weighted by Crippen LogP contribution is -2.16. The monoisotopic (exact) mass is 413 g/mol. The lowest BCUT2D eigenvalue weighted by Gasteiger charge is -2.09. The number of sulfonamides is 1. The van der Waals surface area contributed by atoms with Gasteiger partial charge in [-0.1, -0.05) is 0 Å². The van der Waals surface area contributed by atoms with Crippen molar-refractivity contribution in [2.75, 3.05) is 4.72 Å². The summed E-state index contributed by atoms with van der Waals surface area (Å²) in [4.78, 5) is 38.4. The Morgan fingerprint density at radius 1 is 0.679 bits per heavy atom. The predicted molar refractivity (Wildman–Crippen MR) is 90.3 cm³/mol. The smallest absolute Gasteiger partial charge is 0.273 e. The van der Waals surface area contributed by atoms with Gasteiger partial charge in [0.05, 0.1) is 31.8 Å². The standard InChI is InChI=1S/C12H7N5O10S/c18-14(19)7-1-3-9(10(5-7)16(22)23)13-28(26,27)12-4-2-8(15(20)21)6-11(12)17(24)25/h1-6,13H. The van der Waals surface area contributed by atoms with Crippen LogP contribution in [0.3, 0.4) is 0 Å². The van der Waals surface area contributed by atoms with Crippen LogP contribution in [-0.4, -0.2) is 28.1 Å². The van der Waals surface area contributed by atoms with Gasteiger partial charge >= 0.3 is 0 Å². The molecule has 2 rings (SSSR count). The van der Waals surface area contributed by atoms with Crippen molar-refractivity contribution in [1.29, 1.82) is 0 Å². The minimum atomic E-state index is -4.81. The van der Waals surface area contributed by atoms with Gasteiger partial charge in [-0.05, 0) is 12.1 Å². The van der Waals surface area contributed by atoms with Crippen LogP contribution in [0.25, 0.3) is 0 Å². The summed E-state index contributed by atoms with van der Waals surface area (Å²) in [6.45, 7) is 0. The van der Waals surface area contributed by atoms with Gasteiger partial charge in [-0.3, -0.25) is 45.2 Å². The molecule has 0 aliphatic heterocycles. The molecule has 0 fully saturated rings. The van der Waals surface area contributed by atoms with Crippen LogP contribution in [0, 0.1) is 40.5 Å². The highest BCUT2D eigenvalue weighted by Crippen LogP contribution is 2.33. The molecule has 2 aromatic carbocycles. The number of nitrogens with zero attached hydrogens (tertiary/aromatic N) is 4. The normalized spacial score (nSPS) is 10.9. The molecule has 0 aliphatic rings. The first-order valence-electron chi connectivity index (χ1n) is 6.82. The van der Waals surface area contributed by atoms with Gasteiger partial charge < -0.3 is 0 Å². The average Bonchev–Trinajstić information content (AvgIpc) is 2.60. The molecule has 0 radical (unpaired) electrons. The molecule has 28 heavy (non-hydrogen) atoms. The molecule has 2 aromatic rings. The first-order valence-corrected chi connectivity index (χ1v) is 8.31. The fourth-order valence-electron chi connectivity index (χ4n) is 2.06. The first kappa shape index (κ1) is 20.1. The summed E-state index contributed by atoms with van der Waals surface area (Å²) in [7, 11) is -4.81. The van der Waals surface area contributed by atoms with Gasteiger partial charge in [0.15, 0.2) is 4.90 Å². The van der Waals surface area contributed by atoms with E-state index < -0.39 is 63.0 Å². The molecular formula is C12H7N5O10S.